The molecule has 0 spiro atoms. The summed E-state index contributed by atoms with van der Waals surface area (Å²) in [7, 11) is 3.17. The monoisotopic (exact) mass is 179 g/mol. The number of hydrogen-bond acceptors (Lipinski definition) is 4. The van der Waals surface area contributed by atoms with E-state index in [0.29, 0.717) is 5.75 Å². The Bertz CT molecular complexity index is 310. The fourth-order valence-corrected chi connectivity index (χ4v) is 0.904. The van der Waals surface area contributed by atoms with Gasteiger partial charge in [0.15, 0.2) is 0 Å². The molecular formula is C9H11N2O2-. The van der Waals surface area contributed by atoms with Crippen LogP contribution in [0.3, 0.4) is 0 Å². The van der Waals surface area contributed by atoms with Crippen LogP contribution in [-0.4, -0.2) is 20.4 Å². The lowest BCUT2D eigenvalue weighted by molar-refractivity contribution is -0.270. The first-order valence-electron chi connectivity index (χ1n) is 3.83. The van der Waals surface area contributed by atoms with Crippen LogP contribution in [0, 0.1) is 0 Å². The molecule has 0 aliphatic heterocycles. The van der Waals surface area contributed by atoms with Crippen LogP contribution < -0.4 is 15.3 Å². The molecule has 0 bridgehead atoms. The standard InChI is InChI=1S/C9H12N2O2/c1-10-11-6-7-3-4-8(12)9(5-7)13-2/h3-6,10,12H,1-2H3/p-1/b11-6+. The van der Waals surface area contributed by atoms with Crippen molar-refractivity contribution in [1.29, 1.82) is 0 Å². The van der Waals surface area contributed by atoms with Crippen molar-refractivity contribution in [3.8, 4) is 11.5 Å². The Kier molecular flexibility index (Phi) is 3.14. The van der Waals surface area contributed by atoms with Crippen molar-refractivity contribution in [2.45, 2.75) is 0 Å². The van der Waals surface area contributed by atoms with Gasteiger partial charge in [-0.3, -0.25) is 0 Å². The Morgan fingerprint density at radius 1 is 1.54 bits per heavy atom. The SMILES string of the molecule is CN/N=C/c1ccc([O-])c(OC)c1. The van der Waals surface area contributed by atoms with Crippen LogP contribution in [0.5, 0.6) is 11.5 Å². The first kappa shape index (κ1) is 9.38. The maximum Gasteiger partial charge on any atom is 0.111 e. The molecule has 0 aliphatic rings. The van der Waals surface area contributed by atoms with Crippen molar-refractivity contribution in [2.24, 2.45) is 5.10 Å². The molecule has 0 aliphatic carbocycles. The van der Waals surface area contributed by atoms with Gasteiger partial charge in [0.25, 0.3) is 0 Å². The van der Waals surface area contributed by atoms with Gasteiger partial charge >= 0.3 is 0 Å². The lowest BCUT2D eigenvalue weighted by atomic mass is 10.2. The number of nitrogens with zero attached hydrogens (tertiary/aromatic N) is 1. The van der Waals surface area contributed by atoms with Gasteiger partial charge in [0.05, 0.1) is 13.3 Å². The molecule has 4 nitrogen and oxygen atoms in total. The third-order valence-corrected chi connectivity index (χ3v) is 1.53. The van der Waals surface area contributed by atoms with Gasteiger partial charge in [-0.1, -0.05) is 17.9 Å². The second-order valence-electron chi connectivity index (χ2n) is 2.39. The van der Waals surface area contributed by atoms with Gasteiger partial charge in [0.2, 0.25) is 0 Å². The average molecular weight is 179 g/mol. The van der Waals surface area contributed by atoms with E-state index >= 15 is 0 Å². The highest BCUT2D eigenvalue weighted by atomic mass is 16.5. The van der Waals surface area contributed by atoms with E-state index in [0.717, 1.165) is 5.56 Å². The number of hydrazone groups is 1. The van der Waals surface area contributed by atoms with Crippen molar-refractivity contribution in [2.75, 3.05) is 14.2 Å². The van der Waals surface area contributed by atoms with Crippen LogP contribution in [-0.2, 0) is 0 Å². The molecule has 0 saturated heterocycles. The van der Waals surface area contributed by atoms with Crippen molar-refractivity contribution in [3.05, 3.63) is 23.8 Å². The summed E-state index contributed by atoms with van der Waals surface area (Å²) < 4.78 is 4.87. The van der Waals surface area contributed by atoms with Gasteiger partial charge in [0, 0.05) is 7.05 Å². The maximum absolute atomic E-state index is 11.1. The molecule has 1 N–H and O–H groups in total. The normalized spacial score (nSPS) is 10.3. The molecule has 0 aromatic heterocycles. The summed E-state index contributed by atoms with van der Waals surface area (Å²) in [5.74, 6) is 0.212. The Morgan fingerprint density at radius 3 is 2.92 bits per heavy atom. The van der Waals surface area contributed by atoms with Crippen molar-refractivity contribution in [1.82, 2.24) is 5.43 Å². The van der Waals surface area contributed by atoms with Gasteiger partial charge in [-0.2, -0.15) is 5.10 Å². The third kappa shape index (κ3) is 2.37. The quantitative estimate of drug-likeness (QED) is 0.537. The minimum atomic E-state index is -0.121. The minimum Gasteiger partial charge on any atom is -0.870 e. The number of hydrogen-bond donors (Lipinski definition) is 1. The largest absolute Gasteiger partial charge is 0.870 e. The zero-order valence-electron chi connectivity index (χ0n) is 7.57. The Hall–Kier alpha value is -1.71. The second-order valence-corrected chi connectivity index (χ2v) is 2.39. The first-order chi connectivity index (χ1) is 6.27. The number of ether oxygens (including phenoxy) is 1. The summed E-state index contributed by atoms with van der Waals surface area (Å²) in [4.78, 5) is 0. The number of benzene rings is 1. The van der Waals surface area contributed by atoms with E-state index in [1.54, 1.807) is 25.4 Å². The predicted octanol–water partition coefficient (Wildman–Crippen LogP) is 0.322. The lowest BCUT2D eigenvalue weighted by Gasteiger charge is -2.11. The molecule has 1 rings (SSSR count). The molecule has 0 amide bonds. The van der Waals surface area contributed by atoms with Crippen molar-refractivity contribution in [3.63, 3.8) is 0 Å². The van der Waals surface area contributed by atoms with E-state index in [4.69, 9.17) is 4.74 Å². The summed E-state index contributed by atoms with van der Waals surface area (Å²) >= 11 is 0. The van der Waals surface area contributed by atoms with Crippen LogP contribution in [0.1, 0.15) is 5.56 Å². The summed E-state index contributed by atoms with van der Waals surface area (Å²) in [6.45, 7) is 0. The molecule has 1 aromatic rings. The minimum absolute atomic E-state index is 0.121. The molecule has 0 saturated carbocycles. The van der Waals surface area contributed by atoms with E-state index < -0.39 is 0 Å². The van der Waals surface area contributed by atoms with Gasteiger partial charge < -0.3 is 15.3 Å². The molecule has 4 heteroatoms. The molecule has 1 aromatic carbocycles. The molecule has 70 valence electrons. The maximum atomic E-state index is 11.1. The zero-order valence-corrected chi connectivity index (χ0v) is 7.57. The van der Waals surface area contributed by atoms with E-state index in [9.17, 15) is 5.11 Å². The summed E-state index contributed by atoms with van der Waals surface area (Å²) in [6, 6.07) is 4.78. The van der Waals surface area contributed by atoms with Crippen LogP contribution >= 0.6 is 0 Å². The average Bonchev–Trinajstić information content (AvgIpc) is 2.16. The van der Waals surface area contributed by atoms with Crippen LogP contribution in [0.25, 0.3) is 0 Å². The third-order valence-electron chi connectivity index (χ3n) is 1.53. The highest BCUT2D eigenvalue weighted by Crippen LogP contribution is 2.22. The second kappa shape index (κ2) is 4.35. The summed E-state index contributed by atoms with van der Waals surface area (Å²) in [5, 5.41) is 14.9. The summed E-state index contributed by atoms with van der Waals surface area (Å²) in [5.41, 5.74) is 3.44. The van der Waals surface area contributed by atoms with E-state index in [2.05, 4.69) is 10.5 Å². The molecule has 0 fully saturated rings. The fourth-order valence-electron chi connectivity index (χ4n) is 0.904. The van der Waals surface area contributed by atoms with Gasteiger partial charge in [-0.15, -0.1) is 0 Å². The molecule has 0 radical (unpaired) electrons. The van der Waals surface area contributed by atoms with Crippen LogP contribution in [0.2, 0.25) is 0 Å². The zero-order chi connectivity index (χ0) is 9.68. The van der Waals surface area contributed by atoms with Crippen molar-refractivity contribution >= 4 is 6.21 Å². The highest BCUT2D eigenvalue weighted by molar-refractivity contribution is 5.80. The molecular weight excluding hydrogens is 168 g/mol. The van der Waals surface area contributed by atoms with Gasteiger partial charge in [-0.05, 0) is 11.6 Å². The number of nitrogens with one attached hydrogen (secondary N) is 1. The lowest BCUT2D eigenvalue weighted by Crippen LogP contribution is -1.98. The van der Waals surface area contributed by atoms with Gasteiger partial charge in [-0.25, -0.2) is 0 Å². The Morgan fingerprint density at radius 2 is 2.31 bits per heavy atom. The fraction of sp³-hybridized carbons (Fsp3) is 0.222. The highest BCUT2D eigenvalue weighted by Gasteiger charge is 1.93. The van der Waals surface area contributed by atoms with E-state index in [1.807, 2.05) is 0 Å². The molecule has 0 heterocycles. The molecule has 0 atom stereocenters. The number of methoxy groups -OCH3 is 1. The molecule has 0 unspecified atom stereocenters. The van der Waals surface area contributed by atoms with E-state index in [1.165, 1.54) is 13.2 Å². The first-order valence-corrected chi connectivity index (χ1v) is 3.83. The van der Waals surface area contributed by atoms with E-state index in [-0.39, 0.29) is 5.75 Å². The number of rotatable bonds is 3. The van der Waals surface area contributed by atoms with Gasteiger partial charge in [0.1, 0.15) is 5.75 Å². The smallest absolute Gasteiger partial charge is 0.111 e. The predicted molar refractivity (Wildman–Crippen MR) is 49.1 cm³/mol. The van der Waals surface area contributed by atoms with Crippen LogP contribution in [0.4, 0.5) is 0 Å². The molecule has 13 heavy (non-hydrogen) atoms. The van der Waals surface area contributed by atoms with Crippen molar-refractivity contribution < 1.29 is 9.84 Å². The summed E-state index contributed by atoms with van der Waals surface area (Å²) in [6.07, 6.45) is 1.61. The Labute approximate surface area is 76.8 Å². The Balaban J connectivity index is 2.92. The topological polar surface area (TPSA) is 56.7 Å². The van der Waals surface area contributed by atoms with Crippen LogP contribution in [0.15, 0.2) is 23.3 Å².